The zero-order valence-electron chi connectivity index (χ0n) is 12.5. The average molecular weight is 302 g/mol. The van der Waals surface area contributed by atoms with E-state index in [0.717, 1.165) is 18.5 Å². The summed E-state index contributed by atoms with van der Waals surface area (Å²) in [5.74, 6) is -1.12. The van der Waals surface area contributed by atoms with Gasteiger partial charge in [-0.1, -0.05) is 25.1 Å². The Bertz CT molecular complexity index is 674. The Balaban J connectivity index is 2.12. The number of carbonyl (C=O) groups is 2. The third-order valence-electron chi connectivity index (χ3n) is 3.52. The lowest BCUT2D eigenvalue weighted by atomic mass is 9.99. The number of amides is 1. The van der Waals surface area contributed by atoms with E-state index in [1.54, 1.807) is 18.2 Å². The first-order valence-electron chi connectivity index (χ1n) is 7.16. The molecule has 0 fully saturated rings. The fraction of sp³-hybridized carbons (Fsp3) is 0.312. The number of nitrogens with one attached hydrogen (secondary N) is 1. The van der Waals surface area contributed by atoms with E-state index in [0.29, 0.717) is 5.69 Å². The molecule has 1 heterocycles. The highest BCUT2D eigenvalue weighted by molar-refractivity contribution is 6.02. The molecular formula is C16H18N2O4. The molecule has 22 heavy (non-hydrogen) atoms. The highest BCUT2D eigenvalue weighted by atomic mass is 16.5. The van der Waals surface area contributed by atoms with Crippen LogP contribution in [0.15, 0.2) is 34.9 Å². The quantitative estimate of drug-likeness (QED) is 0.851. The number of benzene rings is 1. The lowest BCUT2D eigenvalue weighted by Gasteiger charge is -2.06. The molecule has 0 radical (unpaired) electrons. The van der Waals surface area contributed by atoms with Crippen LogP contribution in [0.4, 0.5) is 5.69 Å². The summed E-state index contributed by atoms with van der Waals surface area (Å²) in [6, 6.07) is 7.65. The minimum atomic E-state index is -1.05. The van der Waals surface area contributed by atoms with E-state index in [9.17, 15) is 9.59 Å². The lowest BCUT2D eigenvalue weighted by Crippen LogP contribution is -2.11. The van der Waals surface area contributed by atoms with Crippen molar-refractivity contribution in [3.63, 3.8) is 0 Å². The highest BCUT2D eigenvalue weighted by Crippen LogP contribution is 2.23. The first-order valence-corrected chi connectivity index (χ1v) is 7.16. The van der Waals surface area contributed by atoms with Gasteiger partial charge in [0.15, 0.2) is 0 Å². The fourth-order valence-corrected chi connectivity index (χ4v) is 2.22. The number of rotatable bonds is 6. The first-order chi connectivity index (χ1) is 10.5. The Morgan fingerprint density at radius 2 is 2.00 bits per heavy atom. The van der Waals surface area contributed by atoms with Gasteiger partial charge in [-0.05, 0) is 31.0 Å². The van der Waals surface area contributed by atoms with Gasteiger partial charge >= 0.3 is 5.97 Å². The van der Waals surface area contributed by atoms with Gasteiger partial charge in [0.1, 0.15) is 0 Å². The number of aromatic carboxylic acids is 1. The monoisotopic (exact) mass is 302 g/mol. The predicted molar refractivity (Wildman–Crippen MR) is 81.2 cm³/mol. The van der Waals surface area contributed by atoms with Crippen molar-refractivity contribution < 1.29 is 19.2 Å². The number of nitrogens with zero attached hydrogens (tertiary/aromatic N) is 1. The van der Waals surface area contributed by atoms with Gasteiger partial charge in [-0.15, -0.1) is 0 Å². The van der Waals surface area contributed by atoms with Gasteiger partial charge in [0, 0.05) is 17.7 Å². The molecule has 1 aromatic carbocycles. The second kappa shape index (κ2) is 6.89. The lowest BCUT2D eigenvalue weighted by molar-refractivity contribution is 0.0696. The number of carbonyl (C=O) groups excluding carboxylic acids is 1. The second-order valence-electron chi connectivity index (χ2n) is 4.97. The molecule has 6 nitrogen and oxygen atoms in total. The van der Waals surface area contributed by atoms with Crippen LogP contribution in [0.5, 0.6) is 0 Å². The molecule has 0 aliphatic heterocycles. The van der Waals surface area contributed by atoms with Crippen LogP contribution in [-0.2, 0) is 0 Å². The minimum absolute atomic E-state index is 0.105. The maximum Gasteiger partial charge on any atom is 0.335 e. The van der Waals surface area contributed by atoms with E-state index in [1.807, 2.05) is 0 Å². The summed E-state index contributed by atoms with van der Waals surface area (Å²) in [7, 11) is 0. The van der Waals surface area contributed by atoms with Gasteiger partial charge in [-0.3, -0.25) is 4.79 Å². The molecule has 0 atom stereocenters. The van der Waals surface area contributed by atoms with Crippen molar-refractivity contribution in [2.24, 2.45) is 0 Å². The zero-order valence-corrected chi connectivity index (χ0v) is 12.5. The van der Waals surface area contributed by atoms with Crippen LogP contribution in [0.25, 0.3) is 0 Å². The molecule has 6 heteroatoms. The Kier molecular flexibility index (Phi) is 4.93. The third kappa shape index (κ3) is 3.52. The number of hydrogen-bond donors (Lipinski definition) is 2. The molecule has 0 aliphatic carbocycles. The maximum absolute atomic E-state index is 12.1. The summed E-state index contributed by atoms with van der Waals surface area (Å²) in [6.07, 6.45) is 1.84. The molecule has 0 saturated heterocycles. The Hall–Kier alpha value is -2.63. The zero-order chi connectivity index (χ0) is 16.1. The summed E-state index contributed by atoms with van der Waals surface area (Å²) in [6.45, 7) is 4.11. The second-order valence-corrected chi connectivity index (χ2v) is 4.97. The Labute approximate surface area is 128 Å². The fourth-order valence-electron chi connectivity index (χ4n) is 2.22. The minimum Gasteiger partial charge on any atom is -0.478 e. The van der Waals surface area contributed by atoms with Crippen LogP contribution in [-0.4, -0.2) is 22.1 Å². The van der Waals surface area contributed by atoms with E-state index in [1.165, 1.54) is 12.1 Å². The number of carboxylic acid groups (broad SMARTS) is 1. The number of aromatic nitrogens is 1. The molecule has 0 aliphatic rings. The van der Waals surface area contributed by atoms with E-state index < -0.39 is 11.9 Å². The van der Waals surface area contributed by atoms with Crippen molar-refractivity contribution in [2.75, 3.05) is 5.32 Å². The van der Waals surface area contributed by atoms with Gasteiger partial charge in [-0.2, -0.15) is 0 Å². The summed E-state index contributed by atoms with van der Waals surface area (Å²) < 4.78 is 5.08. The van der Waals surface area contributed by atoms with Crippen LogP contribution in [0.3, 0.4) is 0 Å². The molecule has 1 aromatic heterocycles. The van der Waals surface area contributed by atoms with E-state index in [2.05, 4.69) is 24.3 Å². The SMILES string of the molecule is CCC(CC)c1cc(C(=O)Nc2cccc(C(=O)O)c2)on1. The normalized spacial score (nSPS) is 10.7. The van der Waals surface area contributed by atoms with E-state index >= 15 is 0 Å². The van der Waals surface area contributed by atoms with Crippen molar-refractivity contribution in [2.45, 2.75) is 32.6 Å². The molecule has 0 spiro atoms. The van der Waals surface area contributed by atoms with Crippen molar-refractivity contribution in [3.05, 3.63) is 47.3 Å². The van der Waals surface area contributed by atoms with Gasteiger partial charge in [-0.25, -0.2) is 4.79 Å². The Morgan fingerprint density at radius 1 is 1.27 bits per heavy atom. The first kappa shape index (κ1) is 15.8. The van der Waals surface area contributed by atoms with E-state index in [4.69, 9.17) is 9.63 Å². The van der Waals surface area contributed by atoms with Crippen LogP contribution >= 0.6 is 0 Å². The van der Waals surface area contributed by atoms with Gasteiger partial charge in [0.25, 0.3) is 5.91 Å². The highest BCUT2D eigenvalue weighted by Gasteiger charge is 2.17. The molecular weight excluding hydrogens is 284 g/mol. The van der Waals surface area contributed by atoms with Crippen LogP contribution in [0.2, 0.25) is 0 Å². The molecule has 2 aromatic rings. The summed E-state index contributed by atoms with van der Waals surface area (Å²) in [5, 5.41) is 15.5. The summed E-state index contributed by atoms with van der Waals surface area (Å²) in [4.78, 5) is 23.0. The maximum atomic E-state index is 12.1. The summed E-state index contributed by atoms with van der Waals surface area (Å²) in [5.41, 5.74) is 1.26. The molecule has 0 bridgehead atoms. The van der Waals surface area contributed by atoms with Crippen LogP contribution in [0.1, 0.15) is 59.2 Å². The van der Waals surface area contributed by atoms with Gasteiger partial charge in [0.2, 0.25) is 5.76 Å². The predicted octanol–water partition coefficient (Wildman–Crippen LogP) is 3.53. The van der Waals surface area contributed by atoms with Crippen molar-refractivity contribution in [1.29, 1.82) is 0 Å². The van der Waals surface area contributed by atoms with E-state index in [-0.39, 0.29) is 17.2 Å². The smallest absolute Gasteiger partial charge is 0.335 e. The number of anilines is 1. The molecule has 0 saturated carbocycles. The molecule has 1 amide bonds. The Morgan fingerprint density at radius 3 is 2.64 bits per heavy atom. The largest absolute Gasteiger partial charge is 0.478 e. The number of carboxylic acids is 1. The summed E-state index contributed by atoms with van der Waals surface area (Å²) >= 11 is 0. The van der Waals surface area contributed by atoms with Gasteiger partial charge in [0.05, 0.1) is 11.3 Å². The van der Waals surface area contributed by atoms with Crippen molar-refractivity contribution in [3.8, 4) is 0 Å². The van der Waals surface area contributed by atoms with Crippen molar-refractivity contribution >= 4 is 17.6 Å². The molecule has 2 N–H and O–H groups in total. The standard InChI is InChI=1S/C16H18N2O4/c1-3-10(4-2)13-9-14(22-18-13)15(19)17-12-7-5-6-11(8-12)16(20)21/h5-10H,3-4H2,1-2H3,(H,17,19)(H,20,21). The van der Waals surface area contributed by atoms with Crippen molar-refractivity contribution in [1.82, 2.24) is 5.16 Å². The topological polar surface area (TPSA) is 92.4 Å². The third-order valence-corrected chi connectivity index (χ3v) is 3.52. The van der Waals surface area contributed by atoms with Gasteiger partial charge < -0.3 is 14.9 Å². The molecule has 0 unspecified atom stereocenters. The average Bonchev–Trinajstić information content (AvgIpc) is 2.98. The number of hydrogen-bond acceptors (Lipinski definition) is 4. The molecule has 116 valence electrons. The van der Waals surface area contributed by atoms with Crippen LogP contribution < -0.4 is 5.32 Å². The molecule has 2 rings (SSSR count). The van der Waals surface area contributed by atoms with Crippen LogP contribution in [0, 0.1) is 0 Å².